The zero-order valence-corrected chi connectivity index (χ0v) is 10.0. The van der Waals surface area contributed by atoms with Crippen LogP contribution >= 0.6 is 12.4 Å². The third kappa shape index (κ3) is 8.66. The first-order valence-corrected chi connectivity index (χ1v) is 5.28. The number of carbonyl (C=O) groups excluding carboxylic acids is 1. The molecule has 0 aromatic carbocycles. The summed E-state index contributed by atoms with van der Waals surface area (Å²) < 4.78 is 5.23. The average Bonchev–Trinajstić information content (AvgIpc) is 2.87. The lowest BCUT2D eigenvalue weighted by Gasteiger charge is -2.07. The molecule has 1 rings (SSSR count). The van der Waals surface area contributed by atoms with Gasteiger partial charge in [-0.2, -0.15) is 0 Å². The van der Waals surface area contributed by atoms with Crippen LogP contribution in [-0.2, 0) is 9.53 Å². The minimum absolute atomic E-state index is 0. The maximum atomic E-state index is 11.1. The maximum absolute atomic E-state index is 11.1. The first-order valence-electron chi connectivity index (χ1n) is 5.28. The van der Waals surface area contributed by atoms with Gasteiger partial charge < -0.3 is 15.8 Å². The van der Waals surface area contributed by atoms with Gasteiger partial charge in [0.1, 0.15) is 6.61 Å². The van der Waals surface area contributed by atoms with E-state index in [1.807, 2.05) is 6.92 Å². The minimum Gasteiger partial charge on any atom is -0.371 e. The Bertz CT molecular complexity index is 174. The summed E-state index contributed by atoms with van der Waals surface area (Å²) in [7, 11) is 0. The van der Waals surface area contributed by atoms with Gasteiger partial charge in [-0.15, -0.1) is 12.4 Å². The van der Waals surface area contributed by atoms with E-state index in [0.717, 1.165) is 13.0 Å². The van der Waals surface area contributed by atoms with Gasteiger partial charge in [0.25, 0.3) is 0 Å². The Morgan fingerprint density at radius 2 is 2.27 bits per heavy atom. The number of rotatable bonds is 7. The molecule has 15 heavy (non-hydrogen) atoms. The summed E-state index contributed by atoms with van der Waals surface area (Å²) in [5, 5.41) is 2.76. The van der Waals surface area contributed by atoms with Crippen LogP contribution < -0.4 is 11.1 Å². The molecule has 4 nitrogen and oxygen atoms in total. The molecule has 1 saturated carbocycles. The molecule has 1 fully saturated rings. The molecule has 0 bridgehead atoms. The number of nitrogens with two attached hydrogens (primary N) is 1. The highest BCUT2D eigenvalue weighted by Gasteiger charge is 2.21. The van der Waals surface area contributed by atoms with Gasteiger partial charge >= 0.3 is 0 Å². The Balaban J connectivity index is 0.00000196. The number of nitrogens with one attached hydrogen (secondary N) is 1. The van der Waals surface area contributed by atoms with Gasteiger partial charge in [-0.25, -0.2) is 0 Å². The van der Waals surface area contributed by atoms with Crippen LogP contribution in [-0.4, -0.2) is 31.7 Å². The first kappa shape index (κ1) is 14.7. The number of ether oxygens (including phenoxy) is 1. The fourth-order valence-electron chi connectivity index (χ4n) is 1.09. The fourth-order valence-corrected chi connectivity index (χ4v) is 1.09. The van der Waals surface area contributed by atoms with Crippen molar-refractivity contribution >= 4 is 18.3 Å². The van der Waals surface area contributed by atoms with E-state index in [4.69, 9.17) is 10.5 Å². The predicted molar refractivity (Wildman–Crippen MR) is 62.1 cm³/mol. The van der Waals surface area contributed by atoms with Crippen LogP contribution in [0.4, 0.5) is 0 Å². The second kappa shape index (κ2) is 7.91. The van der Waals surface area contributed by atoms with Crippen LogP contribution in [0.15, 0.2) is 0 Å². The molecule has 3 N–H and O–H groups in total. The van der Waals surface area contributed by atoms with Gasteiger partial charge in [0, 0.05) is 12.6 Å². The van der Waals surface area contributed by atoms with Crippen molar-refractivity contribution in [2.24, 2.45) is 11.7 Å². The van der Waals surface area contributed by atoms with E-state index in [2.05, 4.69) is 5.32 Å². The van der Waals surface area contributed by atoms with Gasteiger partial charge in [-0.05, 0) is 32.1 Å². The van der Waals surface area contributed by atoms with Crippen molar-refractivity contribution < 1.29 is 9.53 Å². The third-order valence-corrected chi connectivity index (χ3v) is 2.21. The first-order chi connectivity index (χ1) is 6.68. The number of halogens is 1. The molecule has 0 heterocycles. The molecule has 90 valence electrons. The van der Waals surface area contributed by atoms with E-state index in [1.165, 1.54) is 12.8 Å². The Labute approximate surface area is 97.3 Å². The molecule has 1 aliphatic rings. The van der Waals surface area contributed by atoms with Crippen molar-refractivity contribution in [3.8, 4) is 0 Å². The van der Waals surface area contributed by atoms with E-state index >= 15 is 0 Å². The number of amides is 1. The van der Waals surface area contributed by atoms with Gasteiger partial charge in [0.15, 0.2) is 0 Å². The lowest BCUT2D eigenvalue weighted by atomic mass is 10.2. The van der Waals surface area contributed by atoms with Gasteiger partial charge in [0.05, 0.1) is 6.61 Å². The maximum Gasteiger partial charge on any atom is 0.245 e. The molecule has 0 radical (unpaired) electrons. The fraction of sp³-hybridized carbons (Fsp3) is 0.900. The third-order valence-electron chi connectivity index (χ3n) is 2.21. The molecular formula is C10H21ClN2O2. The second-order valence-electron chi connectivity index (χ2n) is 4.07. The van der Waals surface area contributed by atoms with Gasteiger partial charge in [-0.1, -0.05) is 0 Å². The van der Waals surface area contributed by atoms with Crippen molar-refractivity contribution in [3.63, 3.8) is 0 Å². The van der Waals surface area contributed by atoms with E-state index in [-0.39, 0.29) is 31.0 Å². The molecule has 0 aromatic rings. The Hall–Kier alpha value is -0.320. The summed E-state index contributed by atoms with van der Waals surface area (Å²) in [5.74, 6) is 0.679. The summed E-state index contributed by atoms with van der Waals surface area (Å²) in [6.07, 6.45) is 3.33. The Morgan fingerprint density at radius 1 is 1.60 bits per heavy atom. The van der Waals surface area contributed by atoms with Crippen molar-refractivity contribution in [1.29, 1.82) is 0 Å². The van der Waals surface area contributed by atoms with Gasteiger partial charge in [0.2, 0.25) is 5.91 Å². The molecule has 0 saturated heterocycles. The van der Waals surface area contributed by atoms with E-state index in [1.54, 1.807) is 0 Å². The highest BCUT2D eigenvalue weighted by molar-refractivity contribution is 5.85. The summed E-state index contributed by atoms with van der Waals surface area (Å²) in [4.78, 5) is 11.1. The normalized spacial score (nSPS) is 16.7. The molecule has 1 aliphatic carbocycles. The zero-order valence-electron chi connectivity index (χ0n) is 9.20. The standard InChI is InChI=1S/C10H20N2O2.ClH/c1-8(11)4-5-12-10(13)7-14-6-9-2-3-9;/h8-9H,2-7,11H2,1H3,(H,12,13);1H. The van der Waals surface area contributed by atoms with Crippen LogP contribution in [0.25, 0.3) is 0 Å². The number of carbonyl (C=O) groups is 1. The average molecular weight is 237 g/mol. The summed E-state index contributed by atoms with van der Waals surface area (Å²) in [6, 6.07) is 0.141. The minimum atomic E-state index is -0.0358. The summed E-state index contributed by atoms with van der Waals surface area (Å²) >= 11 is 0. The van der Waals surface area contributed by atoms with Crippen LogP contribution in [0.3, 0.4) is 0 Å². The van der Waals surface area contributed by atoms with E-state index in [9.17, 15) is 4.79 Å². The van der Waals surface area contributed by atoms with Crippen LogP contribution in [0.1, 0.15) is 26.2 Å². The summed E-state index contributed by atoms with van der Waals surface area (Å²) in [5.41, 5.74) is 5.54. The SMILES string of the molecule is CC(N)CCNC(=O)COCC1CC1.Cl. The molecule has 1 amide bonds. The molecule has 1 unspecified atom stereocenters. The number of hydrogen-bond donors (Lipinski definition) is 2. The van der Waals surface area contributed by atoms with Gasteiger partial charge in [-0.3, -0.25) is 4.79 Å². The molecule has 0 aromatic heterocycles. The van der Waals surface area contributed by atoms with Crippen LogP contribution in [0.5, 0.6) is 0 Å². The molecule has 0 aliphatic heterocycles. The highest BCUT2D eigenvalue weighted by Crippen LogP contribution is 2.28. The van der Waals surface area contributed by atoms with Crippen molar-refractivity contribution in [3.05, 3.63) is 0 Å². The lowest BCUT2D eigenvalue weighted by molar-refractivity contribution is -0.125. The molecule has 5 heteroatoms. The number of hydrogen-bond acceptors (Lipinski definition) is 3. The topological polar surface area (TPSA) is 64.3 Å². The van der Waals surface area contributed by atoms with Crippen LogP contribution in [0.2, 0.25) is 0 Å². The molecule has 0 spiro atoms. The van der Waals surface area contributed by atoms with E-state index < -0.39 is 0 Å². The second-order valence-corrected chi connectivity index (χ2v) is 4.07. The zero-order chi connectivity index (χ0) is 10.4. The monoisotopic (exact) mass is 236 g/mol. The van der Waals surface area contributed by atoms with Crippen LogP contribution in [0, 0.1) is 5.92 Å². The molecule has 1 atom stereocenters. The molecular weight excluding hydrogens is 216 g/mol. The predicted octanol–water partition coefficient (Wildman–Crippen LogP) is 0.688. The quantitative estimate of drug-likeness (QED) is 0.684. The van der Waals surface area contributed by atoms with E-state index in [0.29, 0.717) is 12.5 Å². The smallest absolute Gasteiger partial charge is 0.245 e. The lowest BCUT2D eigenvalue weighted by Crippen LogP contribution is -2.31. The van der Waals surface area contributed by atoms with Crippen molar-refractivity contribution in [2.45, 2.75) is 32.2 Å². The van der Waals surface area contributed by atoms with Crippen molar-refractivity contribution in [1.82, 2.24) is 5.32 Å². The Kier molecular flexibility index (Phi) is 7.74. The Morgan fingerprint density at radius 3 is 2.80 bits per heavy atom. The van der Waals surface area contributed by atoms with Crippen molar-refractivity contribution in [2.75, 3.05) is 19.8 Å². The summed E-state index contributed by atoms with van der Waals surface area (Å²) in [6.45, 7) is 3.50. The highest BCUT2D eigenvalue weighted by atomic mass is 35.5. The largest absolute Gasteiger partial charge is 0.371 e.